The Morgan fingerprint density at radius 2 is 1.87 bits per heavy atom. The lowest BCUT2D eigenvalue weighted by Gasteiger charge is -2.32. The van der Waals surface area contributed by atoms with E-state index in [4.69, 9.17) is 20.2 Å². The van der Waals surface area contributed by atoms with Crippen LogP contribution in [0.1, 0.15) is 39.2 Å². The van der Waals surface area contributed by atoms with E-state index in [0.717, 1.165) is 55.5 Å². The third-order valence-corrected chi connectivity index (χ3v) is 5.45. The normalized spacial score (nSPS) is 15.7. The molecule has 0 aromatic heterocycles. The molecule has 0 saturated carbocycles. The molecule has 176 valence electrons. The summed E-state index contributed by atoms with van der Waals surface area (Å²) in [7, 11) is 3.29. The molecule has 1 amide bonds. The smallest absolute Gasteiger partial charge is 0.231 e. The van der Waals surface area contributed by atoms with Gasteiger partial charge in [0.25, 0.3) is 0 Å². The first-order valence-electron chi connectivity index (χ1n) is 10.6. The van der Waals surface area contributed by atoms with Gasteiger partial charge in [0.05, 0.1) is 27.3 Å². The SMILES string of the molecule is CCNC(=NCC(C)(C)c1ccc(OC)c(OC)c1)NC1CCN(CC(N)=O)CC1.I. The van der Waals surface area contributed by atoms with Crippen LogP contribution >= 0.6 is 24.0 Å². The van der Waals surface area contributed by atoms with E-state index < -0.39 is 0 Å². The number of nitrogens with zero attached hydrogens (tertiary/aromatic N) is 2. The first-order chi connectivity index (χ1) is 14.3. The first kappa shape index (κ1) is 27.3. The number of hydrogen-bond acceptors (Lipinski definition) is 5. The molecule has 31 heavy (non-hydrogen) atoms. The lowest BCUT2D eigenvalue weighted by molar-refractivity contribution is -0.119. The molecule has 0 radical (unpaired) electrons. The summed E-state index contributed by atoms with van der Waals surface area (Å²) in [6, 6.07) is 6.34. The second-order valence-corrected chi connectivity index (χ2v) is 8.31. The van der Waals surface area contributed by atoms with Gasteiger partial charge >= 0.3 is 0 Å². The van der Waals surface area contributed by atoms with E-state index in [1.807, 2.05) is 12.1 Å². The molecule has 8 nitrogen and oxygen atoms in total. The van der Waals surface area contributed by atoms with E-state index in [9.17, 15) is 4.79 Å². The van der Waals surface area contributed by atoms with Gasteiger partial charge in [0.2, 0.25) is 5.91 Å². The quantitative estimate of drug-likeness (QED) is 0.249. The zero-order chi connectivity index (χ0) is 22.1. The topological polar surface area (TPSA) is 101 Å². The number of halogens is 1. The Morgan fingerprint density at radius 1 is 1.23 bits per heavy atom. The van der Waals surface area contributed by atoms with Gasteiger partial charge in [-0.25, -0.2) is 0 Å². The molecule has 0 atom stereocenters. The van der Waals surface area contributed by atoms with Crippen molar-refractivity contribution in [3.05, 3.63) is 23.8 Å². The number of rotatable bonds is 9. The van der Waals surface area contributed by atoms with Crippen LogP contribution in [0.2, 0.25) is 0 Å². The number of piperidine rings is 1. The van der Waals surface area contributed by atoms with Crippen molar-refractivity contribution in [2.24, 2.45) is 10.7 Å². The minimum absolute atomic E-state index is 0. The molecule has 1 aromatic carbocycles. The van der Waals surface area contributed by atoms with Crippen LogP contribution in [0.25, 0.3) is 0 Å². The van der Waals surface area contributed by atoms with E-state index in [1.54, 1.807) is 14.2 Å². The van der Waals surface area contributed by atoms with Crippen molar-refractivity contribution in [1.82, 2.24) is 15.5 Å². The standard InChI is InChI=1S/C22H37N5O3.HI/c1-6-24-21(26-17-9-11-27(12-10-17)14-20(23)28)25-15-22(2,3)16-7-8-18(29-4)19(13-16)30-5;/h7-8,13,17H,6,9-12,14-15H2,1-5H3,(H2,23,28)(H2,24,25,26);1H. The second-order valence-electron chi connectivity index (χ2n) is 8.31. The highest BCUT2D eigenvalue weighted by Crippen LogP contribution is 2.33. The van der Waals surface area contributed by atoms with Gasteiger partial charge in [-0.1, -0.05) is 19.9 Å². The van der Waals surface area contributed by atoms with Gasteiger partial charge in [-0.3, -0.25) is 14.7 Å². The largest absolute Gasteiger partial charge is 0.493 e. The third kappa shape index (κ3) is 8.36. The molecule has 1 aliphatic heterocycles. The van der Waals surface area contributed by atoms with Gasteiger partial charge in [-0.2, -0.15) is 0 Å². The minimum Gasteiger partial charge on any atom is -0.493 e. The maximum Gasteiger partial charge on any atom is 0.231 e. The van der Waals surface area contributed by atoms with Crippen molar-refractivity contribution < 1.29 is 14.3 Å². The third-order valence-electron chi connectivity index (χ3n) is 5.45. The minimum atomic E-state index is -0.270. The summed E-state index contributed by atoms with van der Waals surface area (Å²) in [6.45, 7) is 9.87. The van der Waals surface area contributed by atoms with Crippen LogP contribution in [0.4, 0.5) is 0 Å². The van der Waals surface area contributed by atoms with Crippen molar-refractivity contribution in [2.45, 2.75) is 45.1 Å². The van der Waals surface area contributed by atoms with Crippen LogP contribution in [0.5, 0.6) is 11.5 Å². The number of amides is 1. The molecule has 1 aromatic rings. The average molecular weight is 547 g/mol. The summed E-state index contributed by atoms with van der Waals surface area (Å²) in [5.74, 6) is 1.99. The van der Waals surface area contributed by atoms with E-state index in [1.165, 1.54) is 0 Å². The Morgan fingerprint density at radius 3 is 2.42 bits per heavy atom. The summed E-state index contributed by atoms with van der Waals surface area (Å²) in [5.41, 5.74) is 6.27. The number of carbonyl (C=O) groups is 1. The summed E-state index contributed by atoms with van der Waals surface area (Å²) in [6.07, 6.45) is 1.91. The van der Waals surface area contributed by atoms with Gasteiger partial charge in [0.15, 0.2) is 17.5 Å². The number of hydrogen-bond donors (Lipinski definition) is 3. The monoisotopic (exact) mass is 547 g/mol. The first-order valence-corrected chi connectivity index (χ1v) is 10.6. The van der Waals surface area contributed by atoms with Crippen LogP contribution in [-0.4, -0.2) is 69.8 Å². The fourth-order valence-electron chi connectivity index (χ4n) is 3.59. The predicted octanol–water partition coefficient (Wildman–Crippen LogP) is 2.10. The number of nitrogens with one attached hydrogen (secondary N) is 2. The number of aliphatic imine (C=N–C) groups is 1. The van der Waals surface area contributed by atoms with Gasteiger partial charge < -0.3 is 25.8 Å². The van der Waals surface area contributed by atoms with E-state index >= 15 is 0 Å². The lowest BCUT2D eigenvalue weighted by Crippen LogP contribution is -2.50. The highest BCUT2D eigenvalue weighted by atomic mass is 127. The summed E-state index contributed by atoms with van der Waals surface area (Å²) in [4.78, 5) is 18.1. The highest BCUT2D eigenvalue weighted by molar-refractivity contribution is 14.0. The summed E-state index contributed by atoms with van der Waals surface area (Å²) >= 11 is 0. The number of carbonyl (C=O) groups excluding carboxylic acids is 1. The van der Waals surface area contributed by atoms with Crippen LogP contribution < -0.4 is 25.8 Å². The molecule has 1 saturated heterocycles. The average Bonchev–Trinajstić information content (AvgIpc) is 2.72. The molecule has 1 heterocycles. The van der Waals surface area contributed by atoms with Crippen LogP contribution in [0, 0.1) is 0 Å². The molecular formula is C22H38IN5O3. The van der Waals surface area contributed by atoms with Crippen LogP contribution in [0.15, 0.2) is 23.2 Å². The van der Waals surface area contributed by atoms with Gasteiger partial charge in [-0.15, -0.1) is 24.0 Å². The number of primary amides is 1. The van der Waals surface area contributed by atoms with Crippen LogP contribution in [-0.2, 0) is 10.2 Å². The van der Waals surface area contributed by atoms with Crippen molar-refractivity contribution in [1.29, 1.82) is 0 Å². The Bertz CT molecular complexity index is 734. The van der Waals surface area contributed by atoms with Gasteiger partial charge in [-0.05, 0) is 37.5 Å². The molecule has 0 spiro atoms. The molecule has 4 N–H and O–H groups in total. The fourth-order valence-corrected chi connectivity index (χ4v) is 3.59. The maximum atomic E-state index is 11.1. The van der Waals surface area contributed by atoms with Gasteiger partial charge in [0, 0.05) is 31.1 Å². The fraction of sp³-hybridized carbons (Fsp3) is 0.636. The molecular weight excluding hydrogens is 509 g/mol. The van der Waals surface area contributed by atoms with Crippen molar-refractivity contribution in [3.63, 3.8) is 0 Å². The molecule has 1 aliphatic rings. The van der Waals surface area contributed by atoms with E-state index in [2.05, 4.69) is 42.4 Å². The number of ether oxygens (including phenoxy) is 2. The Hall–Kier alpha value is -1.75. The van der Waals surface area contributed by atoms with Crippen LogP contribution in [0.3, 0.4) is 0 Å². The summed E-state index contributed by atoms with van der Waals surface area (Å²) in [5, 5.41) is 6.89. The molecule has 0 bridgehead atoms. The van der Waals surface area contributed by atoms with Crippen molar-refractivity contribution in [2.75, 3.05) is 46.9 Å². The summed E-state index contributed by atoms with van der Waals surface area (Å²) < 4.78 is 10.8. The number of guanidine groups is 1. The predicted molar refractivity (Wildman–Crippen MR) is 136 cm³/mol. The molecule has 2 rings (SSSR count). The molecule has 1 fully saturated rings. The molecule has 0 unspecified atom stereocenters. The second kappa shape index (κ2) is 12.9. The Balaban J connectivity index is 0.00000480. The maximum absolute atomic E-state index is 11.1. The Kier molecular flexibility index (Phi) is 11.4. The zero-order valence-electron chi connectivity index (χ0n) is 19.4. The number of nitrogens with two attached hydrogens (primary N) is 1. The van der Waals surface area contributed by atoms with Crippen molar-refractivity contribution in [3.8, 4) is 11.5 Å². The zero-order valence-corrected chi connectivity index (χ0v) is 21.7. The highest BCUT2D eigenvalue weighted by Gasteiger charge is 2.24. The van der Waals surface area contributed by atoms with Gasteiger partial charge in [0.1, 0.15) is 0 Å². The lowest BCUT2D eigenvalue weighted by atomic mass is 9.84. The Labute approximate surface area is 203 Å². The number of benzene rings is 1. The molecule has 9 heteroatoms. The van der Waals surface area contributed by atoms with E-state index in [0.29, 0.717) is 19.1 Å². The van der Waals surface area contributed by atoms with Crippen molar-refractivity contribution >= 4 is 35.8 Å². The number of methoxy groups -OCH3 is 2. The number of likely N-dealkylation sites (tertiary alicyclic amines) is 1. The van der Waals surface area contributed by atoms with E-state index in [-0.39, 0.29) is 35.3 Å². The molecule has 0 aliphatic carbocycles.